The monoisotopic (exact) mass is 320 g/mol. The molecule has 0 saturated carbocycles. The summed E-state index contributed by atoms with van der Waals surface area (Å²) in [6, 6.07) is 1.18. The fraction of sp³-hybridized carbons (Fsp3) is 0.583. The number of carbonyl (C=O) groups excluding carboxylic acids is 1. The van der Waals surface area contributed by atoms with Gasteiger partial charge in [-0.1, -0.05) is 13.8 Å². The summed E-state index contributed by atoms with van der Waals surface area (Å²) >= 11 is 1.11. The summed E-state index contributed by atoms with van der Waals surface area (Å²) in [6.07, 6.45) is 0. The number of primary sulfonamides is 1. The van der Waals surface area contributed by atoms with E-state index >= 15 is 0 Å². The second-order valence-corrected chi connectivity index (χ2v) is 7.64. The molecule has 0 aliphatic rings. The van der Waals surface area contributed by atoms with Gasteiger partial charge in [0.05, 0.1) is 22.4 Å². The number of aryl methyl sites for hydroxylation is 1. The molecule has 1 heterocycles. The van der Waals surface area contributed by atoms with Gasteiger partial charge in [0, 0.05) is 12.0 Å². The van der Waals surface area contributed by atoms with Crippen LogP contribution in [0, 0.1) is 12.8 Å². The van der Waals surface area contributed by atoms with E-state index < -0.39 is 10.0 Å². The van der Waals surface area contributed by atoms with Crippen LogP contribution in [0.3, 0.4) is 0 Å². The van der Waals surface area contributed by atoms with Crippen LogP contribution in [0.15, 0.2) is 11.0 Å². The van der Waals surface area contributed by atoms with E-state index in [-0.39, 0.29) is 22.8 Å². The molecule has 3 N–H and O–H groups in total. The number of rotatable bonds is 6. The largest absolute Gasteiger partial charge is 0.383 e. The molecule has 8 heteroatoms. The molecule has 0 fully saturated rings. The number of nitrogens with one attached hydrogen (secondary N) is 1. The maximum absolute atomic E-state index is 12.1. The molecule has 1 amide bonds. The predicted molar refractivity (Wildman–Crippen MR) is 78.4 cm³/mol. The Bertz CT molecular complexity index is 578. The normalized spacial score (nSPS) is 13.5. The number of carbonyl (C=O) groups is 1. The lowest BCUT2D eigenvalue weighted by molar-refractivity contribution is 0.0870. The highest BCUT2D eigenvalue weighted by Gasteiger charge is 2.22. The maximum atomic E-state index is 12.1. The first-order valence-corrected chi connectivity index (χ1v) is 8.46. The lowest BCUT2D eigenvalue weighted by atomic mass is 10.1. The summed E-state index contributed by atoms with van der Waals surface area (Å²) < 4.78 is 27.8. The Kier molecular flexibility index (Phi) is 5.69. The summed E-state index contributed by atoms with van der Waals surface area (Å²) in [6.45, 7) is 5.96. The van der Waals surface area contributed by atoms with E-state index in [1.165, 1.54) is 6.07 Å². The van der Waals surface area contributed by atoms with Crippen molar-refractivity contribution in [1.29, 1.82) is 0 Å². The van der Waals surface area contributed by atoms with Crippen LogP contribution in [0.5, 0.6) is 0 Å². The summed E-state index contributed by atoms with van der Waals surface area (Å²) in [5, 5.41) is 7.93. The van der Waals surface area contributed by atoms with Crippen molar-refractivity contribution in [2.75, 3.05) is 13.7 Å². The second-order valence-electron chi connectivity index (χ2n) is 4.86. The third-order valence-electron chi connectivity index (χ3n) is 2.87. The van der Waals surface area contributed by atoms with Crippen molar-refractivity contribution in [3.05, 3.63) is 15.8 Å². The standard InChI is InChI=1S/C12H20N2O4S2/c1-7(2)9(6-18-4)14-12(15)10-5-11(8(3)19-10)20(13,16)17/h5,7,9H,6H2,1-4H3,(H,14,15)(H2,13,16,17). The molecule has 1 rings (SSSR count). The number of methoxy groups -OCH3 is 1. The number of hydrogen-bond acceptors (Lipinski definition) is 5. The van der Waals surface area contributed by atoms with Gasteiger partial charge in [0.15, 0.2) is 0 Å². The van der Waals surface area contributed by atoms with Crippen molar-refractivity contribution in [2.45, 2.75) is 31.7 Å². The zero-order chi connectivity index (χ0) is 15.5. The fourth-order valence-electron chi connectivity index (χ4n) is 1.68. The minimum absolute atomic E-state index is 0.000452. The van der Waals surface area contributed by atoms with Gasteiger partial charge in [-0.2, -0.15) is 0 Å². The van der Waals surface area contributed by atoms with E-state index in [1.807, 2.05) is 13.8 Å². The van der Waals surface area contributed by atoms with Crippen LogP contribution < -0.4 is 10.5 Å². The molecule has 0 saturated heterocycles. The van der Waals surface area contributed by atoms with Crippen LogP contribution in [-0.4, -0.2) is 34.1 Å². The molecular weight excluding hydrogens is 300 g/mol. The van der Waals surface area contributed by atoms with Gasteiger partial charge in [0.25, 0.3) is 5.91 Å². The van der Waals surface area contributed by atoms with Gasteiger partial charge in [0.2, 0.25) is 10.0 Å². The van der Waals surface area contributed by atoms with Crippen LogP contribution >= 0.6 is 11.3 Å². The molecule has 20 heavy (non-hydrogen) atoms. The number of hydrogen-bond donors (Lipinski definition) is 2. The molecule has 0 aromatic carbocycles. The average Bonchev–Trinajstić information content (AvgIpc) is 2.70. The molecule has 1 unspecified atom stereocenters. The third kappa shape index (κ3) is 4.27. The topological polar surface area (TPSA) is 98.5 Å². The Morgan fingerprint density at radius 1 is 1.50 bits per heavy atom. The summed E-state index contributed by atoms with van der Waals surface area (Å²) in [4.78, 5) is 13.0. The zero-order valence-electron chi connectivity index (χ0n) is 12.0. The van der Waals surface area contributed by atoms with Crippen molar-refractivity contribution in [1.82, 2.24) is 5.32 Å². The van der Waals surface area contributed by atoms with Gasteiger partial charge in [-0.15, -0.1) is 11.3 Å². The van der Waals surface area contributed by atoms with E-state index in [4.69, 9.17) is 9.88 Å². The highest BCUT2D eigenvalue weighted by Crippen LogP contribution is 2.24. The molecule has 1 atom stereocenters. The molecule has 6 nitrogen and oxygen atoms in total. The van der Waals surface area contributed by atoms with E-state index in [9.17, 15) is 13.2 Å². The molecule has 0 aliphatic heterocycles. The van der Waals surface area contributed by atoms with Gasteiger partial charge >= 0.3 is 0 Å². The molecule has 0 aliphatic carbocycles. The molecule has 0 bridgehead atoms. The van der Waals surface area contributed by atoms with Crippen LogP contribution in [-0.2, 0) is 14.8 Å². The lowest BCUT2D eigenvalue weighted by Crippen LogP contribution is -2.41. The summed E-state index contributed by atoms with van der Waals surface area (Å²) in [5.41, 5.74) is 0. The van der Waals surface area contributed by atoms with Crippen molar-refractivity contribution < 1.29 is 17.9 Å². The van der Waals surface area contributed by atoms with Gasteiger partial charge < -0.3 is 10.1 Å². The van der Waals surface area contributed by atoms with Gasteiger partial charge in [-0.25, -0.2) is 13.6 Å². The number of sulfonamides is 1. The van der Waals surface area contributed by atoms with Crippen molar-refractivity contribution in [3.63, 3.8) is 0 Å². The fourth-order valence-corrected chi connectivity index (χ4v) is 3.73. The van der Waals surface area contributed by atoms with Crippen LogP contribution in [0.2, 0.25) is 0 Å². The average molecular weight is 320 g/mol. The first-order valence-electron chi connectivity index (χ1n) is 6.09. The van der Waals surface area contributed by atoms with Crippen molar-refractivity contribution in [2.24, 2.45) is 11.1 Å². The van der Waals surface area contributed by atoms with E-state index in [2.05, 4.69) is 5.32 Å². The smallest absolute Gasteiger partial charge is 0.261 e. The van der Waals surface area contributed by atoms with Gasteiger partial charge in [-0.3, -0.25) is 4.79 Å². The third-order valence-corrected chi connectivity index (χ3v) is 5.09. The van der Waals surface area contributed by atoms with E-state index in [0.29, 0.717) is 16.4 Å². The Morgan fingerprint density at radius 2 is 2.10 bits per heavy atom. The molecule has 1 aromatic heterocycles. The molecular formula is C12H20N2O4S2. The molecule has 114 valence electrons. The molecule has 0 radical (unpaired) electrons. The first kappa shape index (κ1) is 17.1. The number of nitrogens with two attached hydrogens (primary N) is 1. The SMILES string of the molecule is COCC(NC(=O)c1cc(S(N)(=O)=O)c(C)s1)C(C)C. The number of amides is 1. The minimum atomic E-state index is -3.80. The second kappa shape index (κ2) is 6.66. The van der Waals surface area contributed by atoms with E-state index in [0.717, 1.165) is 11.3 Å². The Morgan fingerprint density at radius 3 is 2.50 bits per heavy atom. The molecule has 1 aromatic rings. The van der Waals surface area contributed by atoms with Crippen LogP contribution in [0.25, 0.3) is 0 Å². The maximum Gasteiger partial charge on any atom is 0.261 e. The van der Waals surface area contributed by atoms with Crippen LogP contribution in [0.1, 0.15) is 28.4 Å². The zero-order valence-corrected chi connectivity index (χ0v) is 13.6. The molecule has 0 spiro atoms. The number of ether oxygens (including phenoxy) is 1. The lowest BCUT2D eigenvalue weighted by Gasteiger charge is -2.21. The minimum Gasteiger partial charge on any atom is -0.383 e. The predicted octanol–water partition coefficient (Wildman–Crippen LogP) is 1.10. The Labute approximate surface area is 123 Å². The summed E-state index contributed by atoms with van der Waals surface area (Å²) in [7, 11) is -2.23. The van der Waals surface area contributed by atoms with Crippen molar-refractivity contribution >= 4 is 27.3 Å². The van der Waals surface area contributed by atoms with Crippen LogP contribution in [0.4, 0.5) is 0 Å². The Hall–Kier alpha value is -0.960. The highest BCUT2D eigenvalue weighted by molar-refractivity contribution is 7.89. The first-order chi connectivity index (χ1) is 9.16. The van der Waals surface area contributed by atoms with Gasteiger partial charge in [-0.05, 0) is 18.9 Å². The highest BCUT2D eigenvalue weighted by atomic mass is 32.2. The summed E-state index contributed by atoms with van der Waals surface area (Å²) in [5.74, 6) is -0.110. The van der Waals surface area contributed by atoms with Gasteiger partial charge in [0.1, 0.15) is 0 Å². The Balaban J connectivity index is 2.93. The van der Waals surface area contributed by atoms with Crippen molar-refractivity contribution in [3.8, 4) is 0 Å². The number of thiophene rings is 1. The quantitative estimate of drug-likeness (QED) is 0.820. The van der Waals surface area contributed by atoms with E-state index in [1.54, 1.807) is 14.0 Å².